The maximum Gasteiger partial charge on any atom is 0.224 e. The minimum atomic E-state index is 0.0431. The van der Waals surface area contributed by atoms with Crippen LogP contribution in [-0.2, 0) is 24.3 Å². The maximum absolute atomic E-state index is 12.3. The highest BCUT2D eigenvalue weighted by Crippen LogP contribution is 2.19. The molecule has 1 amide bonds. The maximum atomic E-state index is 12.3. The molecule has 144 valence electrons. The SMILES string of the molecule is COc1ccc(CC(=O)NCc2ccccc2CN2CCCC(C)C2)cc1. The van der Waals surface area contributed by atoms with Gasteiger partial charge in [0.1, 0.15) is 5.75 Å². The highest BCUT2D eigenvalue weighted by Gasteiger charge is 2.17. The average molecular weight is 367 g/mol. The molecule has 0 aromatic heterocycles. The Morgan fingerprint density at radius 1 is 1.15 bits per heavy atom. The summed E-state index contributed by atoms with van der Waals surface area (Å²) in [5.41, 5.74) is 3.51. The van der Waals surface area contributed by atoms with Crippen LogP contribution in [0.5, 0.6) is 5.75 Å². The summed E-state index contributed by atoms with van der Waals surface area (Å²) in [5.74, 6) is 1.62. The molecule has 1 aliphatic heterocycles. The molecule has 2 aromatic carbocycles. The largest absolute Gasteiger partial charge is 0.497 e. The molecule has 1 heterocycles. The second-order valence-corrected chi connectivity index (χ2v) is 7.55. The topological polar surface area (TPSA) is 41.6 Å². The lowest BCUT2D eigenvalue weighted by Crippen LogP contribution is -2.34. The molecule has 4 heteroatoms. The molecule has 0 bridgehead atoms. The highest BCUT2D eigenvalue weighted by molar-refractivity contribution is 5.78. The summed E-state index contributed by atoms with van der Waals surface area (Å²) in [7, 11) is 1.64. The number of piperidine rings is 1. The molecular weight excluding hydrogens is 336 g/mol. The first-order valence-corrected chi connectivity index (χ1v) is 9.83. The number of carbonyl (C=O) groups excluding carboxylic acids is 1. The van der Waals surface area contributed by atoms with Crippen LogP contribution in [0.2, 0.25) is 0 Å². The third-order valence-electron chi connectivity index (χ3n) is 5.25. The van der Waals surface area contributed by atoms with Gasteiger partial charge in [-0.2, -0.15) is 0 Å². The van der Waals surface area contributed by atoms with Crippen molar-refractivity contribution in [1.29, 1.82) is 0 Å². The van der Waals surface area contributed by atoms with E-state index >= 15 is 0 Å². The van der Waals surface area contributed by atoms with Crippen molar-refractivity contribution in [3.05, 3.63) is 65.2 Å². The van der Waals surface area contributed by atoms with E-state index in [1.54, 1.807) is 7.11 Å². The molecule has 1 atom stereocenters. The number of methoxy groups -OCH3 is 1. The summed E-state index contributed by atoms with van der Waals surface area (Å²) in [4.78, 5) is 14.9. The number of ether oxygens (including phenoxy) is 1. The monoisotopic (exact) mass is 366 g/mol. The molecule has 0 aliphatic carbocycles. The average Bonchev–Trinajstić information content (AvgIpc) is 2.68. The zero-order chi connectivity index (χ0) is 19.1. The molecule has 1 saturated heterocycles. The lowest BCUT2D eigenvalue weighted by molar-refractivity contribution is -0.120. The van der Waals surface area contributed by atoms with Crippen LogP contribution in [0.1, 0.15) is 36.5 Å². The Hall–Kier alpha value is -2.33. The van der Waals surface area contributed by atoms with E-state index in [0.29, 0.717) is 13.0 Å². The van der Waals surface area contributed by atoms with Crippen LogP contribution >= 0.6 is 0 Å². The van der Waals surface area contributed by atoms with Gasteiger partial charge in [-0.15, -0.1) is 0 Å². The smallest absolute Gasteiger partial charge is 0.224 e. The zero-order valence-corrected chi connectivity index (χ0v) is 16.4. The Morgan fingerprint density at radius 3 is 2.59 bits per heavy atom. The number of hydrogen-bond acceptors (Lipinski definition) is 3. The van der Waals surface area contributed by atoms with E-state index in [1.165, 1.54) is 30.5 Å². The molecule has 0 spiro atoms. The molecule has 1 unspecified atom stereocenters. The second kappa shape index (κ2) is 9.56. The molecule has 27 heavy (non-hydrogen) atoms. The molecule has 0 saturated carbocycles. The number of nitrogens with one attached hydrogen (secondary N) is 1. The summed E-state index contributed by atoms with van der Waals surface area (Å²) >= 11 is 0. The van der Waals surface area contributed by atoms with Gasteiger partial charge in [-0.1, -0.05) is 43.3 Å². The number of likely N-dealkylation sites (tertiary alicyclic amines) is 1. The standard InChI is InChI=1S/C23H30N2O2/c1-18-6-5-13-25(16-18)17-21-8-4-3-7-20(21)15-24-23(26)14-19-9-11-22(27-2)12-10-19/h3-4,7-12,18H,5-6,13-17H2,1-2H3,(H,24,26). The first kappa shape index (κ1) is 19.4. The van der Waals surface area contributed by atoms with Crippen LogP contribution in [0.15, 0.2) is 48.5 Å². The predicted molar refractivity (Wildman–Crippen MR) is 109 cm³/mol. The van der Waals surface area contributed by atoms with Crippen LogP contribution in [0.4, 0.5) is 0 Å². The number of benzene rings is 2. The zero-order valence-electron chi connectivity index (χ0n) is 16.4. The first-order chi connectivity index (χ1) is 13.1. The minimum absolute atomic E-state index is 0.0431. The quantitative estimate of drug-likeness (QED) is 0.811. The van der Waals surface area contributed by atoms with Gasteiger partial charge in [0.15, 0.2) is 0 Å². The van der Waals surface area contributed by atoms with E-state index in [-0.39, 0.29) is 5.91 Å². The fourth-order valence-electron chi connectivity index (χ4n) is 3.74. The second-order valence-electron chi connectivity index (χ2n) is 7.55. The molecular formula is C23H30N2O2. The van der Waals surface area contributed by atoms with Gasteiger partial charge in [0, 0.05) is 19.6 Å². The van der Waals surface area contributed by atoms with Crippen molar-refractivity contribution in [2.75, 3.05) is 20.2 Å². The van der Waals surface area contributed by atoms with Crippen molar-refractivity contribution in [3.63, 3.8) is 0 Å². The number of hydrogen-bond donors (Lipinski definition) is 1. The van der Waals surface area contributed by atoms with E-state index in [1.807, 2.05) is 30.3 Å². The van der Waals surface area contributed by atoms with Gasteiger partial charge >= 0.3 is 0 Å². The lowest BCUT2D eigenvalue weighted by atomic mass is 9.99. The fourth-order valence-corrected chi connectivity index (χ4v) is 3.74. The van der Waals surface area contributed by atoms with Gasteiger partial charge in [0.25, 0.3) is 0 Å². The van der Waals surface area contributed by atoms with Crippen LogP contribution in [0.25, 0.3) is 0 Å². The lowest BCUT2D eigenvalue weighted by Gasteiger charge is -2.31. The van der Waals surface area contributed by atoms with Gasteiger partial charge in [-0.3, -0.25) is 9.69 Å². The number of nitrogens with zero attached hydrogens (tertiary/aromatic N) is 1. The van der Waals surface area contributed by atoms with E-state index in [9.17, 15) is 4.79 Å². The summed E-state index contributed by atoms with van der Waals surface area (Å²) in [5, 5.41) is 3.07. The molecule has 0 radical (unpaired) electrons. The van der Waals surface area contributed by atoms with Crippen LogP contribution in [0, 0.1) is 5.92 Å². The normalized spacial score (nSPS) is 17.5. The van der Waals surface area contributed by atoms with Gasteiger partial charge in [-0.05, 0) is 54.1 Å². The molecule has 1 fully saturated rings. The predicted octanol–water partition coefficient (Wildman–Crippen LogP) is 3.79. The van der Waals surface area contributed by atoms with Gasteiger partial charge < -0.3 is 10.1 Å². The Labute approximate surface area is 162 Å². The minimum Gasteiger partial charge on any atom is -0.497 e. The number of amides is 1. The third kappa shape index (κ3) is 5.83. The van der Waals surface area contributed by atoms with Gasteiger partial charge in [-0.25, -0.2) is 0 Å². The third-order valence-corrected chi connectivity index (χ3v) is 5.25. The molecule has 4 nitrogen and oxygen atoms in total. The van der Waals surface area contributed by atoms with Crippen molar-refractivity contribution in [1.82, 2.24) is 10.2 Å². The summed E-state index contributed by atoms with van der Waals surface area (Å²) in [6, 6.07) is 16.1. The van der Waals surface area contributed by atoms with E-state index in [2.05, 4.69) is 35.3 Å². The van der Waals surface area contributed by atoms with Gasteiger partial charge in [0.05, 0.1) is 13.5 Å². The Kier molecular flexibility index (Phi) is 6.88. The van der Waals surface area contributed by atoms with Gasteiger partial charge in [0.2, 0.25) is 5.91 Å². The fraction of sp³-hybridized carbons (Fsp3) is 0.435. The van der Waals surface area contributed by atoms with Crippen molar-refractivity contribution in [2.24, 2.45) is 5.92 Å². The Bertz CT molecular complexity index is 742. The van der Waals surface area contributed by atoms with E-state index < -0.39 is 0 Å². The highest BCUT2D eigenvalue weighted by atomic mass is 16.5. The van der Waals surface area contributed by atoms with E-state index in [4.69, 9.17) is 4.74 Å². The molecule has 1 N–H and O–H groups in total. The molecule has 2 aromatic rings. The number of rotatable bonds is 7. The Balaban J connectivity index is 1.54. The van der Waals surface area contributed by atoms with Crippen molar-refractivity contribution in [2.45, 2.75) is 39.3 Å². The summed E-state index contributed by atoms with van der Waals surface area (Å²) < 4.78 is 5.16. The summed E-state index contributed by atoms with van der Waals surface area (Å²) in [6.45, 7) is 6.21. The van der Waals surface area contributed by atoms with Crippen molar-refractivity contribution < 1.29 is 9.53 Å². The van der Waals surface area contributed by atoms with Crippen molar-refractivity contribution >= 4 is 5.91 Å². The summed E-state index contributed by atoms with van der Waals surface area (Å²) in [6.07, 6.45) is 3.00. The van der Waals surface area contributed by atoms with Crippen molar-refractivity contribution in [3.8, 4) is 5.75 Å². The van der Waals surface area contributed by atoms with E-state index in [0.717, 1.165) is 30.3 Å². The molecule has 3 rings (SSSR count). The Morgan fingerprint density at radius 2 is 1.89 bits per heavy atom. The molecule has 1 aliphatic rings. The first-order valence-electron chi connectivity index (χ1n) is 9.83. The van der Waals surface area contributed by atoms with Crippen LogP contribution < -0.4 is 10.1 Å². The van der Waals surface area contributed by atoms with Crippen LogP contribution in [-0.4, -0.2) is 31.0 Å². The van der Waals surface area contributed by atoms with Crippen LogP contribution in [0.3, 0.4) is 0 Å². The number of carbonyl (C=O) groups is 1.